The average molecular weight is 298 g/mol. The highest BCUT2D eigenvalue weighted by molar-refractivity contribution is 7.99. The van der Waals surface area contributed by atoms with Crippen molar-refractivity contribution in [2.75, 3.05) is 29.5 Å². The summed E-state index contributed by atoms with van der Waals surface area (Å²) in [6.45, 7) is 4.35. The van der Waals surface area contributed by atoms with Crippen LogP contribution in [0.1, 0.15) is 17.5 Å². The SMILES string of the molecule is Cc1ccc(SCCN2CCCc3c(N)cccc32)cc1. The number of benzene rings is 2. The number of aryl methyl sites for hydroxylation is 1. The molecule has 0 amide bonds. The van der Waals surface area contributed by atoms with Gasteiger partial charge in [-0.2, -0.15) is 0 Å². The van der Waals surface area contributed by atoms with Crippen molar-refractivity contribution < 1.29 is 0 Å². The topological polar surface area (TPSA) is 29.3 Å². The maximum atomic E-state index is 6.11. The molecule has 0 fully saturated rings. The Labute approximate surface area is 131 Å². The Morgan fingerprint density at radius 1 is 1.14 bits per heavy atom. The molecule has 0 unspecified atom stereocenters. The summed E-state index contributed by atoms with van der Waals surface area (Å²) in [6.07, 6.45) is 2.32. The molecule has 1 heterocycles. The van der Waals surface area contributed by atoms with Crippen LogP contribution in [-0.4, -0.2) is 18.8 Å². The second-order valence-electron chi connectivity index (χ2n) is 5.60. The minimum Gasteiger partial charge on any atom is -0.398 e. The van der Waals surface area contributed by atoms with Crippen molar-refractivity contribution in [3.63, 3.8) is 0 Å². The van der Waals surface area contributed by atoms with Crippen molar-refractivity contribution in [2.24, 2.45) is 0 Å². The van der Waals surface area contributed by atoms with Crippen LogP contribution in [0.5, 0.6) is 0 Å². The highest BCUT2D eigenvalue weighted by atomic mass is 32.2. The molecule has 1 aliphatic rings. The maximum absolute atomic E-state index is 6.11. The fourth-order valence-electron chi connectivity index (χ4n) is 2.87. The van der Waals surface area contributed by atoms with Crippen molar-refractivity contribution in [1.29, 1.82) is 0 Å². The van der Waals surface area contributed by atoms with E-state index in [-0.39, 0.29) is 0 Å². The van der Waals surface area contributed by atoms with Crippen molar-refractivity contribution in [3.05, 3.63) is 53.6 Å². The van der Waals surface area contributed by atoms with Gasteiger partial charge in [-0.3, -0.25) is 0 Å². The van der Waals surface area contributed by atoms with E-state index in [9.17, 15) is 0 Å². The van der Waals surface area contributed by atoms with Gasteiger partial charge in [0.25, 0.3) is 0 Å². The van der Waals surface area contributed by atoms with Crippen LogP contribution in [0.25, 0.3) is 0 Å². The number of hydrogen-bond donors (Lipinski definition) is 1. The van der Waals surface area contributed by atoms with Gasteiger partial charge in [0.2, 0.25) is 0 Å². The number of nitrogens with two attached hydrogens (primary N) is 1. The van der Waals surface area contributed by atoms with Crippen LogP contribution in [0.3, 0.4) is 0 Å². The first-order valence-electron chi connectivity index (χ1n) is 7.56. The first-order valence-corrected chi connectivity index (χ1v) is 8.54. The van der Waals surface area contributed by atoms with E-state index in [2.05, 4.69) is 48.2 Å². The largest absolute Gasteiger partial charge is 0.398 e. The summed E-state index contributed by atoms with van der Waals surface area (Å²) in [5.74, 6) is 1.11. The van der Waals surface area contributed by atoms with E-state index in [0.717, 1.165) is 31.0 Å². The molecule has 0 spiro atoms. The lowest BCUT2D eigenvalue weighted by Gasteiger charge is -2.32. The van der Waals surface area contributed by atoms with Crippen LogP contribution in [0.4, 0.5) is 11.4 Å². The molecule has 0 aromatic heterocycles. The van der Waals surface area contributed by atoms with Crippen LogP contribution in [0.15, 0.2) is 47.4 Å². The summed E-state index contributed by atoms with van der Waals surface area (Å²) in [4.78, 5) is 3.83. The van der Waals surface area contributed by atoms with Crippen molar-refractivity contribution in [2.45, 2.75) is 24.7 Å². The Morgan fingerprint density at radius 2 is 1.95 bits per heavy atom. The van der Waals surface area contributed by atoms with Crippen molar-refractivity contribution in [1.82, 2.24) is 0 Å². The Hall–Kier alpha value is -1.61. The third-order valence-electron chi connectivity index (χ3n) is 4.03. The molecular weight excluding hydrogens is 276 g/mol. The zero-order valence-corrected chi connectivity index (χ0v) is 13.3. The highest BCUT2D eigenvalue weighted by Crippen LogP contribution is 2.31. The second kappa shape index (κ2) is 6.44. The van der Waals surface area contributed by atoms with E-state index in [1.807, 2.05) is 17.8 Å². The predicted octanol–water partition coefficient (Wildman–Crippen LogP) is 4.12. The molecule has 2 nitrogen and oxygen atoms in total. The summed E-state index contributed by atoms with van der Waals surface area (Å²) in [5.41, 5.74) is 11.0. The van der Waals surface area contributed by atoms with Crippen LogP contribution >= 0.6 is 11.8 Å². The number of fused-ring (bicyclic) bond motifs is 1. The second-order valence-corrected chi connectivity index (χ2v) is 6.77. The Kier molecular flexibility index (Phi) is 4.39. The molecule has 2 aromatic rings. The molecule has 21 heavy (non-hydrogen) atoms. The highest BCUT2D eigenvalue weighted by Gasteiger charge is 2.17. The Morgan fingerprint density at radius 3 is 2.76 bits per heavy atom. The van der Waals surface area contributed by atoms with E-state index >= 15 is 0 Å². The zero-order valence-electron chi connectivity index (χ0n) is 12.5. The van der Waals surface area contributed by atoms with Crippen LogP contribution < -0.4 is 10.6 Å². The fraction of sp³-hybridized carbons (Fsp3) is 0.333. The minimum atomic E-state index is 0.948. The Balaban J connectivity index is 1.62. The number of rotatable bonds is 4. The van der Waals surface area contributed by atoms with Gasteiger partial charge in [0.1, 0.15) is 0 Å². The van der Waals surface area contributed by atoms with Gasteiger partial charge in [-0.25, -0.2) is 0 Å². The standard InChI is InChI=1S/C18H22N2S/c1-14-7-9-15(10-8-14)21-13-12-20-11-3-4-16-17(19)5-2-6-18(16)20/h2,5-10H,3-4,11-13,19H2,1H3. The fourth-order valence-corrected chi connectivity index (χ4v) is 3.74. The number of thioether (sulfide) groups is 1. The molecule has 2 N–H and O–H groups in total. The van der Waals surface area contributed by atoms with Gasteiger partial charge < -0.3 is 10.6 Å². The van der Waals surface area contributed by atoms with Gasteiger partial charge in [0.15, 0.2) is 0 Å². The molecule has 0 saturated carbocycles. The third-order valence-corrected chi connectivity index (χ3v) is 5.03. The molecule has 2 aromatic carbocycles. The van der Waals surface area contributed by atoms with Gasteiger partial charge in [0, 0.05) is 35.1 Å². The molecule has 110 valence electrons. The molecule has 0 saturated heterocycles. The minimum absolute atomic E-state index is 0.948. The summed E-state index contributed by atoms with van der Waals surface area (Å²) in [5, 5.41) is 0. The third kappa shape index (κ3) is 3.35. The molecule has 1 aliphatic heterocycles. The summed E-state index contributed by atoms with van der Waals surface area (Å²) in [6, 6.07) is 15.1. The summed E-state index contributed by atoms with van der Waals surface area (Å²) in [7, 11) is 0. The summed E-state index contributed by atoms with van der Waals surface area (Å²) >= 11 is 1.93. The van der Waals surface area contributed by atoms with Gasteiger partial charge in [-0.05, 0) is 49.6 Å². The number of nitrogen functional groups attached to an aromatic ring is 1. The molecule has 0 radical (unpaired) electrons. The number of hydrogen-bond acceptors (Lipinski definition) is 3. The van der Waals surface area contributed by atoms with E-state index < -0.39 is 0 Å². The van der Waals surface area contributed by atoms with Crippen LogP contribution in [0.2, 0.25) is 0 Å². The quantitative estimate of drug-likeness (QED) is 0.680. The van der Waals surface area contributed by atoms with Gasteiger partial charge in [-0.15, -0.1) is 11.8 Å². The first kappa shape index (κ1) is 14.3. The Bertz CT molecular complexity index is 607. The monoisotopic (exact) mass is 298 g/mol. The lowest BCUT2D eigenvalue weighted by atomic mass is 10.00. The lowest BCUT2D eigenvalue weighted by Crippen LogP contribution is -2.31. The lowest BCUT2D eigenvalue weighted by molar-refractivity contribution is 0.711. The average Bonchev–Trinajstić information content (AvgIpc) is 2.50. The molecular formula is C18H22N2S. The number of nitrogens with zero attached hydrogens (tertiary/aromatic N) is 1. The maximum Gasteiger partial charge on any atom is 0.0419 e. The van der Waals surface area contributed by atoms with E-state index in [4.69, 9.17) is 5.73 Å². The zero-order chi connectivity index (χ0) is 14.7. The van der Waals surface area contributed by atoms with E-state index in [0.29, 0.717) is 0 Å². The molecule has 0 aliphatic carbocycles. The van der Waals surface area contributed by atoms with Crippen LogP contribution in [0, 0.1) is 6.92 Å². The molecule has 0 atom stereocenters. The smallest absolute Gasteiger partial charge is 0.0419 e. The van der Waals surface area contributed by atoms with Gasteiger partial charge >= 0.3 is 0 Å². The molecule has 3 heteroatoms. The van der Waals surface area contributed by atoms with E-state index in [1.165, 1.54) is 28.1 Å². The molecule has 3 rings (SSSR count). The number of anilines is 2. The predicted molar refractivity (Wildman–Crippen MR) is 93.3 cm³/mol. The molecule has 0 bridgehead atoms. The van der Waals surface area contributed by atoms with Crippen molar-refractivity contribution >= 4 is 23.1 Å². The normalized spacial score (nSPS) is 14.0. The van der Waals surface area contributed by atoms with E-state index in [1.54, 1.807) is 0 Å². The summed E-state index contributed by atoms with van der Waals surface area (Å²) < 4.78 is 0. The van der Waals surface area contributed by atoms with Crippen molar-refractivity contribution in [3.8, 4) is 0 Å². The van der Waals surface area contributed by atoms with Gasteiger partial charge in [-0.1, -0.05) is 23.8 Å². The first-order chi connectivity index (χ1) is 10.2. The van der Waals surface area contributed by atoms with Crippen LogP contribution in [-0.2, 0) is 6.42 Å². The van der Waals surface area contributed by atoms with Gasteiger partial charge in [0.05, 0.1) is 0 Å².